The van der Waals surface area contributed by atoms with Gasteiger partial charge in [-0.1, -0.05) is 12.1 Å². The molecule has 2 aromatic carbocycles. The van der Waals surface area contributed by atoms with E-state index in [4.69, 9.17) is 14.2 Å². The van der Waals surface area contributed by atoms with Crippen molar-refractivity contribution in [1.29, 1.82) is 0 Å². The summed E-state index contributed by atoms with van der Waals surface area (Å²) in [4.78, 5) is 11.7. The molecular weight excluding hydrogens is 384 g/mol. The number of carbonyl (C=O) groups excluding carboxylic acids is 1. The summed E-state index contributed by atoms with van der Waals surface area (Å²) in [6.45, 7) is 4.12. The lowest BCUT2D eigenvalue weighted by molar-refractivity contribution is 0.167. The highest BCUT2D eigenvalue weighted by Crippen LogP contribution is 2.28. The lowest BCUT2D eigenvalue weighted by atomic mass is 10.2. The first-order valence-corrected chi connectivity index (χ1v) is 10.2. The van der Waals surface area contributed by atoms with Gasteiger partial charge in [0.25, 0.3) is 0 Å². The number of sulfonamides is 1. The maximum absolute atomic E-state index is 12.6. The fourth-order valence-corrected chi connectivity index (χ4v) is 3.38. The van der Waals surface area contributed by atoms with Gasteiger partial charge < -0.3 is 14.2 Å². The molecule has 0 radical (unpaired) electrons. The van der Waals surface area contributed by atoms with Gasteiger partial charge in [-0.3, -0.25) is 5.32 Å². The molecule has 0 aromatic heterocycles. The van der Waals surface area contributed by atoms with E-state index in [1.54, 1.807) is 45.2 Å². The van der Waals surface area contributed by atoms with Crippen molar-refractivity contribution < 1.29 is 27.4 Å². The topological polar surface area (TPSA) is 103 Å². The molecule has 0 aliphatic heterocycles. The third-order valence-electron chi connectivity index (χ3n) is 3.70. The van der Waals surface area contributed by atoms with Crippen LogP contribution in [0.3, 0.4) is 0 Å². The van der Waals surface area contributed by atoms with E-state index in [1.807, 2.05) is 0 Å². The van der Waals surface area contributed by atoms with Crippen LogP contribution in [0.5, 0.6) is 11.5 Å². The molecule has 0 atom stereocenters. The summed E-state index contributed by atoms with van der Waals surface area (Å²) in [5.74, 6) is 1.04. The number of anilines is 1. The molecule has 0 heterocycles. The molecule has 2 aromatic rings. The molecule has 9 heteroatoms. The minimum absolute atomic E-state index is 0.00346. The van der Waals surface area contributed by atoms with E-state index >= 15 is 0 Å². The molecular formula is C19H24N2O6S. The molecule has 0 unspecified atom stereocenters. The molecule has 0 aliphatic carbocycles. The minimum atomic E-state index is -3.81. The Balaban J connectivity index is 2.19. The lowest BCUT2D eigenvalue weighted by Crippen LogP contribution is -2.23. The summed E-state index contributed by atoms with van der Waals surface area (Å²) < 4.78 is 43.2. The Labute approximate surface area is 164 Å². The zero-order valence-electron chi connectivity index (χ0n) is 16.0. The molecule has 152 valence electrons. The summed E-state index contributed by atoms with van der Waals surface area (Å²) >= 11 is 0. The van der Waals surface area contributed by atoms with Gasteiger partial charge in [0.15, 0.2) is 0 Å². The zero-order chi connectivity index (χ0) is 20.6. The van der Waals surface area contributed by atoms with Crippen LogP contribution in [0.25, 0.3) is 0 Å². The van der Waals surface area contributed by atoms with E-state index in [0.29, 0.717) is 18.1 Å². The van der Waals surface area contributed by atoms with E-state index in [0.717, 1.165) is 5.56 Å². The Kier molecular flexibility index (Phi) is 7.65. The van der Waals surface area contributed by atoms with Crippen LogP contribution in [0.15, 0.2) is 47.4 Å². The van der Waals surface area contributed by atoms with E-state index in [9.17, 15) is 13.2 Å². The standard InChI is InChI=1S/C19H24N2O6S/c1-4-26-18-11-10-16(12-17(18)21-19(22)27-5-2)28(23,24)20-13-14-6-8-15(25-3)9-7-14/h6-12,20H,4-5,13H2,1-3H3,(H,21,22). The number of hydrogen-bond donors (Lipinski definition) is 2. The zero-order valence-corrected chi connectivity index (χ0v) is 16.8. The van der Waals surface area contributed by atoms with Crippen LogP contribution < -0.4 is 19.5 Å². The van der Waals surface area contributed by atoms with Crippen molar-refractivity contribution in [3.8, 4) is 11.5 Å². The fraction of sp³-hybridized carbons (Fsp3) is 0.316. The number of ether oxygens (including phenoxy) is 3. The summed E-state index contributed by atoms with van der Waals surface area (Å²) in [5, 5.41) is 2.50. The van der Waals surface area contributed by atoms with Crippen molar-refractivity contribution in [1.82, 2.24) is 4.72 Å². The van der Waals surface area contributed by atoms with Crippen LogP contribution in [0, 0.1) is 0 Å². The van der Waals surface area contributed by atoms with Gasteiger partial charge in [0.2, 0.25) is 10.0 Å². The number of benzene rings is 2. The Morgan fingerprint density at radius 3 is 2.36 bits per heavy atom. The Bertz CT molecular complexity index is 897. The Hall–Kier alpha value is -2.78. The monoisotopic (exact) mass is 408 g/mol. The average molecular weight is 408 g/mol. The molecule has 2 rings (SSSR count). The quantitative estimate of drug-likeness (QED) is 0.661. The first-order chi connectivity index (χ1) is 13.4. The lowest BCUT2D eigenvalue weighted by Gasteiger charge is -2.14. The second-order valence-electron chi connectivity index (χ2n) is 5.61. The molecule has 1 amide bonds. The van der Waals surface area contributed by atoms with E-state index < -0.39 is 16.1 Å². The number of nitrogens with one attached hydrogen (secondary N) is 2. The van der Waals surface area contributed by atoms with Crippen molar-refractivity contribution >= 4 is 21.8 Å². The summed E-state index contributed by atoms with van der Waals surface area (Å²) in [6, 6.07) is 11.3. The number of hydrogen-bond acceptors (Lipinski definition) is 6. The van der Waals surface area contributed by atoms with Crippen LogP contribution in [0.4, 0.5) is 10.5 Å². The Morgan fingerprint density at radius 1 is 1.04 bits per heavy atom. The molecule has 0 saturated carbocycles. The van der Waals surface area contributed by atoms with Crippen LogP contribution in [-0.2, 0) is 21.3 Å². The molecule has 2 N–H and O–H groups in total. The van der Waals surface area contributed by atoms with Crippen LogP contribution in [0.1, 0.15) is 19.4 Å². The van der Waals surface area contributed by atoms with Gasteiger partial charge in [-0.25, -0.2) is 17.9 Å². The SMILES string of the molecule is CCOC(=O)Nc1cc(S(=O)(=O)NCc2ccc(OC)cc2)ccc1OCC. The molecule has 0 bridgehead atoms. The minimum Gasteiger partial charge on any atom is -0.497 e. The second-order valence-corrected chi connectivity index (χ2v) is 7.38. The molecule has 8 nitrogen and oxygen atoms in total. The molecule has 0 fully saturated rings. The first kappa shape index (κ1) is 21.5. The van der Waals surface area contributed by atoms with E-state index in [-0.39, 0.29) is 23.7 Å². The molecule has 0 aliphatic rings. The first-order valence-electron chi connectivity index (χ1n) is 8.72. The third kappa shape index (κ3) is 5.86. The van der Waals surface area contributed by atoms with Crippen molar-refractivity contribution in [2.75, 3.05) is 25.6 Å². The smallest absolute Gasteiger partial charge is 0.411 e. The van der Waals surface area contributed by atoms with Gasteiger partial charge in [0.05, 0.1) is 30.9 Å². The van der Waals surface area contributed by atoms with Gasteiger partial charge in [0.1, 0.15) is 11.5 Å². The van der Waals surface area contributed by atoms with Gasteiger partial charge in [-0.2, -0.15) is 0 Å². The number of rotatable bonds is 9. The number of methoxy groups -OCH3 is 1. The predicted molar refractivity (Wildman–Crippen MR) is 105 cm³/mol. The highest BCUT2D eigenvalue weighted by atomic mass is 32.2. The van der Waals surface area contributed by atoms with Crippen molar-refractivity contribution in [2.24, 2.45) is 0 Å². The maximum Gasteiger partial charge on any atom is 0.411 e. The predicted octanol–water partition coefficient (Wildman–Crippen LogP) is 3.14. The normalized spacial score (nSPS) is 11.0. The van der Waals surface area contributed by atoms with Gasteiger partial charge in [-0.05, 0) is 49.7 Å². The van der Waals surface area contributed by atoms with Crippen LogP contribution >= 0.6 is 0 Å². The molecule has 0 saturated heterocycles. The van der Waals surface area contributed by atoms with Crippen LogP contribution in [0.2, 0.25) is 0 Å². The van der Waals surface area contributed by atoms with Gasteiger partial charge in [0, 0.05) is 6.54 Å². The van der Waals surface area contributed by atoms with Crippen molar-refractivity contribution in [3.05, 3.63) is 48.0 Å². The van der Waals surface area contributed by atoms with Gasteiger partial charge in [-0.15, -0.1) is 0 Å². The number of amides is 1. The fourth-order valence-electron chi connectivity index (χ4n) is 2.34. The van der Waals surface area contributed by atoms with Crippen molar-refractivity contribution in [3.63, 3.8) is 0 Å². The van der Waals surface area contributed by atoms with Gasteiger partial charge >= 0.3 is 6.09 Å². The Morgan fingerprint density at radius 2 is 1.75 bits per heavy atom. The van der Waals surface area contributed by atoms with E-state index in [1.165, 1.54) is 18.2 Å². The third-order valence-corrected chi connectivity index (χ3v) is 5.10. The largest absolute Gasteiger partial charge is 0.497 e. The maximum atomic E-state index is 12.6. The highest BCUT2D eigenvalue weighted by Gasteiger charge is 2.18. The highest BCUT2D eigenvalue weighted by molar-refractivity contribution is 7.89. The van der Waals surface area contributed by atoms with Crippen molar-refractivity contribution in [2.45, 2.75) is 25.3 Å². The molecule has 0 spiro atoms. The van der Waals surface area contributed by atoms with E-state index in [2.05, 4.69) is 10.0 Å². The van der Waals surface area contributed by atoms with Crippen LogP contribution in [-0.4, -0.2) is 34.8 Å². The summed E-state index contributed by atoms with van der Waals surface area (Å²) in [7, 11) is -2.24. The average Bonchev–Trinajstić information content (AvgIpc) is 2.68. The summed E-state index contributed by atoms with van der Waals surface area (Å²) in [6.07, 6.45) is -0.691. The number of carbonyl (C=O) groups is 1. The second kappa shape index (κ2) is 9.95. The summed E-state index contributed by atoms with van der Waals surface area (Å²) in [5.41, 5.74) is 0.993. The molecule has 28 heavy (non-hydrogen) atoms.